The third-order valence-corrected chi connectivity index (χ3v) is 6.93. The molecule has 0 aliphatic carbocycles. The summed E-state index contributed by atoms with van der Waals surface area (Å²) in [7, 11) is 0. The van der Waals surface area contributed by atoms with E-state index in [4.69, 9.17) is 10.5 Å². The minimum atomic E-state index is 0.165. The standard InChI is InChI=1S/C16H15I4NO/c1-8(21)3-10-4-14(19)16(15(20)5-10)22-11-6-12(17)9(2)13(18)7-11/h4-8H,3,21H2,1-2H3/t8-/m1/s1. The molecule has 2 rings (SSSR count). The van der Waals surface area contributed by atoms with Gasteiger partial charge in [0.15, 0.2) is 5.75 Å². The van der Waals surface area contributed by atoms with Crippen molar-refractivity contribution in [3.63, 3.8) is 0 Å². The van der Waals surface area contributed by atoms with Crippen LogP contribution in [0.3, 0.4) is 0 Å². The molecule has 0 aromatic heterocycles. The number of hydrogen-bond donors (Lipinski definition) is 1. The van der Waals surface area contributed by atoms with Crippen molar-refractivity contribution in [2.45, 2.75) is 26.3 Å². The molecular formula is C16H15I4NO. The van der Waals surface area contributed by atoms with Crippen LogP contribution in [0.2, 0.25) is 0 Å². The van der Waals surface area contributed by atoms with E-state index in [0.717, 1.165) is 25.1 Å². The van der Waals surface area contributed by atoms with Gasteiger partial charge >= 0.3 is 0 Å². The van der Waals surface area contributed by atoms with Gasteiger partial charge < -0.3 is 10.5 Å². The molecule has 2 aromatic rings. The summed E-state index contributed by atoms with van der Waals surface area (Å²) in [5.74, 6) is 1.81. The quantitative estimate of drug-likeness (QED) is 0.385. The lowest BCUT2D eigenvalue weighted by atomic mass is 10.1. The van der Waals surface area contributed by atoms with Gasteiger partial charge in [0.2, 0.25) is 0 Å². The highest BCUT2D eigenvalue weighted by Gasteiger charge is 2.12. The van der Waals surface area contributed by atoms with Crippen LogP contribution in [0, 0.1) is 21.2 Å². The lowest BCUT2D eigenvalue weighted by molar-refractivity contribution is 0.474. The Kier molecular flexibility index (Phi) is 7.49. The molecule has 2 nitrogen and oxygen atoms in total. The van der Waals surface area contributed by atoms with Crippen molar-refractivity contribution < 1.29 is 4.74 Å². The van der Waals surface area contributed by atoms with Gasteiger partial charge in [-0.3, -0.25) is 0 Å². The average molecular weight is 745 g/mol. The molecule has 0 saturated heterocycles. The van der Waals surface area contributed by atoms with Gasteiger partial charge in [0.05, 0.1) is 7.14 Å². The first-order chi connectivity index (χ1) is 10.3. The topological polar surface area (TPSA) is 35.2 Å². The van der Waals surface area contributed by atoms with Crippen molar-refractivity contribution in [2.75, 3.05) is 0 Å². The van der Waals surface area contributed by atoms with Crippen molar-refractivity contribution in [3.8, 4) is 11.5 Å². The van der Waals surface area contributed by atoms with Crippen molar-refractivity contribution in [3.05, 3.63) is 49.7 Å². The molecule has 0 fully saturated rings. The zero-order valence-electron chi connectivity index (χ0n) is 12.1. The second-order valence-corrected chi connectivity index (χ2v) is 9.83. The molecule has 0 spiro atoms. The number of rotatable bonds is 4. The summed E-state index contributed by atoms with van der Waals surface area (Å²) in [5.41, 5.74) is 8.45. The monoisotopic (exact) mass is 745 g/mol. The Bertz CT molecular complexity index is 655. The van der Waals surface area contributed by atoms with Gasteiger partial charge in [-0.05, 0) is 146 Å². The Labute approximate surface area is 185 Å². The fourth-order valence-corrected chi connectivity index (χ4v) is 5.83. The first-order valence-corrected chi connectivity index (χ1v) is 11.0. The molecule has 0 saturated carbocycles. The highest BCUT2D eigenvalue weighted by atomic mass is 127. The van der Waals surface area contributed by atoms with E-state index < -0.39 is 0 Å². The van der Waals surface area contributed by atoms with Gasteiger partial charge in [0, 0.05) is 13.2 Å². The summed E-state index contributed by atoms with van der Waals surface area (Å²) in [4.78, 5) is 0. The third kappa shape index (κ3) is 5.06. The lowest BCUT2D eigenvalue weighted by Gasteiger charge is -2.14. The minimum Gasteiger partial charge on any atom is -0.455 e. The smallest absolute Gasteiger partial charge is 0.154 e. The van der Waals surface area contributed by atoms with Gasteiger partial charge in [-0.25, -0.2) is 0 Å². The van der Waals surface area contributed by atoms with Crippen molar-refractivity contribution in [1.29, 1.82) is 0 Å². The van der Waals surface area contributed by atoms with Crippen molar-refractivity contribution in [2.24, 2.45) is 5.73 Å². The number of nitrogens with two attached hydrogens (primary N) is 1. The zero-order chi connectivity index (χ0) is 16.4. The van der Waals surface area contributed by atoms with Crippen LogP contribution in [0.5, 0.6) is 11.5 Å². The van der Waals surface area contributed by atoms with Crippen LogP contribution in [0.25, 0.3) is 0 Å². The summed E-state index contributed by atoms with van der Waals surface area (Å²) in [6, 6.07) is 8.65. The number of ether oxygens (including phenoxy) is 1. The molecule has 0 amide bonds. The van der Waals surface area contributed by atoms with Crippen LogP contribution in [0.15, 0.2) is 24.3 Å². The fraction of sp³-hybridized carbons (Fsp3) is 0.250. The van der Waals surface area contributed by atoms with Gasteiger partial charge in [-0.2, -0.15) is 0 Å². The van der Waals surface area contributed by atoms with Crippen LogP contribution in [-0.4, -0.2) is 6.04 Å². The summed E-state index contributed by atoms with van der Waals surface area (Å²) in [6.45, 7) is 4.16. The molecule has 118 valence electrons. The van der Waals surface area contributed by atoms with E-state index in [1.807, 2.05) is 6.92 Å². The van der Waals surface area contributed by atoms with Gasteiger partial charge in [0.25, 0.3) is 0 Å². The van der Waals surface area contributed by atoms with Crippen LogP contribution in [0.4, 0.5) is 0 Å². The minimum absolute atomic E-state index is 0.165. The second kappa shape index (κ2) is 8.48. The molecule has 0 bridgehead atoms. The Morgan fingerprint density at radius 1 is 0.955 bits per heavy atom. The number of halogens is 4. The maximum absolute atomic E-state index is 6.16. The highest BCUT2D eigenvalue weighted by molar-refractivity contribution is 14.1. The number of benzene rings is 2. The van der Waals surface area contributed by atoms with Gasteiger partial charge in [0.1, 0.15) is 5.75 Å². The fourth-order valence-electron chi connectivity index (χ4n) is 2.00. The summed E-state index contributed by atoms with van der Waals surface area (Å²) in [6.07, 6.45) is 0.882. The van der Waals surface area contributed by atoms with Gasteiger partial charge in [-0.1, -0.05) is 0 Å². The lowest BCUT2D eigenvalue weighted by Crippen LogP contribution is -2.17. The number of hydrogen-bond acceptors (Lipinski definition) is 2. The van der Waals surface area contributed by atoms with Crippen molar-refractivity contribution >= 4 is 90.4 Å². The molecule has 2 aromatic carbocycles. The molecule has 0 heterocycles. The molecule has 0 aliphatic rings. The SMILES string of the molecule is Cc1c(I)cc(Oc2c(I)cc(C[C@@H](C)N)cc2I)cc1I. The van der Waals surface area contributed by atoms with E-state index in [9.17, 15) is 0 Å². The zero-order valence-corrected chi connectivity index (χ0v) is 20.7. The summed E-state index contributed by atoms with van der Waals surface area (Å²) in [5, 5.41) is 0. The Morgan fingerprint density at radius 2 is 1.45 bits per heavy atom. The van der Waals surface area contributed by atoms with Crippen LogP contribution in [-0.2, 0) is 6.42 Å². The van der Waals surface area contributed by atoms with E-state index in [2.05, 4.69) is 122 Å². The maximum atomic E-state index is 6.16. The van der Waals surface area contributed by atoms with E-state index >= 15 is 0 Å². The summed E-state index contributed by atoms with van der Waals surface area (Å²) >= 11 is 9.37. The second-order valence-electron chi connectivity index (χ2n) is 5.18. The molecule has 0 unspecified atom stereocenters. The predicted molar refractivity (Wildman–Crippen MR) is 126 cm³/mol. The Balaban J connectivity index is 2.34. The van der Waals surface area contributed by atoms with Crippen LogP contribution in [0.1, 0.15) is 18.1 Å². The molecule has 0 radical (unpaired) electrons. The Hall–Kier alpha value is 1.12. The summed E-state index contributed by atoms with van der Waals surface area (Å²) < 4.78 is 10.8. The average Bonchev–Trinajstić information content (AvgIpc) is 2.39. The third-order valence-electron chi connectivity index (χ3n) is 3.09. The van der Waals surface area contributed by atoms with Crippen molar-refractivity contribution in [1.82, 2.24) is 0 Å². The molecule has 2 N–H and O–H groups in total. The molecule has 0 aliphatic heterocycles. The molecule has 1 atom stereocenters. The predicted octanol–water partition coefficient (Wildman–Crippen LogP) is 6.10. The van der Waals surface area contributed by atoms with E-state index in [-0.39, 0.29) is 6.04 Å². The first kappa shape index (κ1) is 19.4. The molecular weight excluding hydrogens is 730 g/mol. The largest absolute Gasteiger partial charge is 0.455 e. The molecule has 6 heteroatoms. The van der Waals surface area contributed by atoms with E-state index in [1.54, 1.807) is 0 Å². The van der Waals surface area contributed by atoms with Crippen LogP contribution >= 0.6 is 90.4 Å². The Morgan fingerprint density at radius 3 is 1.91 bits per heavy atom. The molecule has 22 heavy (non-hydrogen) atoms. The van der Waals surface area contributed by atoms with Crippen LogP contribution < -0.4 is 10.5 Å². The first-order valence-electron chi connectivity index (χ1n) is 6.65. The van der Waals surface area contributed by atoms with Gasteiger partial charge in [-0.15, -0.1) is 0 Å². The van der Waals surface area contributed by atoms with E-state index in [1.165, 1.54) is 18.3 Å². The van der Waals surface area contributed by atoms with E-state index in [0.29, 0.717) is 0 Å². The maximum Gasteiger partial charge on any atom is 0.154 e. The highest BCUT2D eigenvalue weighted by Crippen LogP contribution is 2.35. The normalized spacial score (nSPS) is 12.3.